The van der Waals surface area contributed by atoms with E-state index in [4.69, 9.17) is 0 Å². The van der Waals surface area contributed by atoms with Gasteiger partial charge in [0, 0.05) is 17.2 Å². The first-order chi connectivity index (χ1) is 11.7. The highest BCUT2D eigenvalue weighted by atomic mass is 16.6. The van der Waals surface area contributed by atoms with Gasteiger partial charge in [-0.2, -0.15) is 5.10 Å². The number of benzene rings is 2. The van der Waals surface area contributed by atoms with Crippen molar-refractivity contribution in [1.29, 1.82) is 0 Å². The summed E-state index contributed by atoms with van der Waals surface area (Å²) in [6, 6.07) is 12.2. The molecule has 6 nitrogen and oxygen atoms in total. The number of carbonyl (C=O) groups excluding carboxylic acids is 1. The molecule has 0 aromatic heterocycles. The van der Waals surface area contributed by atoms with Gasteiger partial charge < -0.3 is 0 Å². The summed E-state index contributed by atoms with van der Waals surface area (Å²) in [6.45, 7) is 8.03. The maximum absolute atomic E-state index is 12.1. The molecule has 0 saturated heterocycles. The van der Waals surface area contributed by atoms with Gasteiger partial charge in [-0.25, -0.2) is 5.43 Å². The number of carbonyl (C=O) groups is 1. The van der Waals surface area contributed by atoms with Crippen molar-refractivity contribution >= 4 is 17.8 Å². The van der Waals surface area contributed by atoms with E-state index in [-0.39, 0.29) is 16.7 Å². The van der Waals surface area contributed by atoms with Gasteiger partial charge in [-0.3, -0.25) is 14.9 Å². The van der Waals surface area contributed by atoms with Crippen LogP contribution in [0, 0.1) is 17.0 Å². The number of amides is 1. The van der Waals surface area contributed by atoms with E-state index in [2.05, 4.69) is 31.3 Å². The normalized spacial score (nSPS) is 11.5. The van der Waals surface area contributed by atoms with Gasteiger partial charge in [-0.1, -0.05) is 51.1 Å². The van der Waals surface area contributed by atoms with Gasteiger partial charge in [0.25, 0.3) is 11.6 Å². The molecule has 1 amide bonds. The number of hydrogen-bond donors (Lipinski definition) is 1. The molecule has 0 aliphatic carbocycles. The molecule has 0 aliphatic rings. The molecule has 2 aromatic rings. The van der Waals surface area contributed by atoms with Gasteiger partial charge in [-0.15, -0.1) is 0 Å². The standard InChI is InChI=1S/C19H21N3O3/c1-13-5-8-15(11-17(13)22(24)25)18(23)21-20-12-14-6-9-16(10-7-14)19(2,3)4/h5-12H,1-4H3,(H,21,23). The van der Waals surface area contributed by atoms with Crippen LogP contribution in [0.1, 0.15) is 47.8 Å². The van der Waals surface area contributed by atoms with Gasteiger partial charge in [0.15, 0.2) is 0 Å². The summed E-state index contributed by atoms with van der Waals surface area (Å²) >= 11 is 0. The molecule has 0 spiro atoms. The van der Waals surface area contributed by atoms with Crippen LogP contribution in [0.5, 0.6) is 0 Å². The summed E-state index contributed by atoms with van der Waals surface area (Å²) in [5.41, 5.74) is 5.13. The lowest BCUT2D eigenvalue weighted by Gasteiger charge is -2.18. The first-order valence-corrected chi connectivity index (χ1v) is 7.87. The quantitative estimate of drug-likeness (QED) is 0.520. The molecule has 130 valence electrons. The van der Waals surface area contributed by atoms with E-state index in [1.165, 1.54) is 23.9 Å². The first kappa shape index (κ1) is 18.3. The fraction of sp³-hybridized carbons (Fsp3) is 0.263. The number of nitro benzene ring substituents is 1. The Morgan fingerprint density at radius 2 is 1.80 bits per heavy atom. The molecular weight excluding hydrogens is 318 g/mol. The van der Waals surface area contributed by atoms with Crippen molar-refractivity contribution in [2.24, 2.45) is 5.10 Å². The topological polar surface area (TPSA) is 84.6 Å². The predicted octanol–water partition coefficient (Wildman–Crippen LogP) is 3.96. The van der Waals surface area contributed by atoms with Crippen LogP contribution >= 0.6 is 0 Å². The van der Waals surface area contributed by atoms with E-state index in [0.717, 1.165) is 5.56 Å². The van der Waals surface area contributed by atoms with E-state index in [0.29, 0.717) is 5.56 Å². The Hall–Kier alpha value is -3.02. The molecule has 0 radical (unpaired) electrons. The summed E-state index contributed by atoms with van der Waals surface area (Å²) in [5, 5.41) is 14.9. The third kappa shape index (κ3) is 4.73. The Bertz CT molecular complexity index is 819. The average Bonchev–Trinajstić information content (AvgIpc) is 2.54. The Kier molecular flexibility index (Phi) is 5.32. The molecule has 6 heteroatoms. The lowest BCUT2D eigenvalue weighted by Crippen LogP contribution is -2.18. The van der Waals surface area contributed by atoms with E-state index in [9.17, 15) is 14.9 Å². The summed E-state index contributed by atoms with van der Waals surface area (Å²) in [6.07, 6.45) is 1.53. The molecule has 0 fully saturated rings. The maximum atomic E-state index is 12.1. The van der Waals surface area contributed by atoms with Gasteiger partial charge in [0.2, 0.25) is 0 Å². The number of aryl methyl sites for hydroxylation is 1. The van der Waals surface area contributed by atoms with E-state index >= 15 is 0 Å². The molecule has 0 unspecified atom stereocenters. The van der Waals surface area contributed by atoms with Crippen molar-refractivity contribution in [3.8, 4) is 0 Å². The number of hydrazone groups is 1. The molecule has 0 aliphatic heterocycles. The molecule has 0 heterocycles. The Balaban J connectivity index is 2.06. The van der Waals surface area contributed by atoms with Gasteiger partial charge in [-0.05, 0) is 29.5 Å². The highest BCUT2D eigenvalue weighted by Gasteiger charge is 2.15. The third-order valence-electron chi connectivity index (χ3n) is 3.82. The van der Waals surface area contributed by atoms with Crippen LogP contribution in [0.25, 0.3) is 0 Å². The van der Waals surface area contributed by atoms with Crippen molar-refractivity contribution in [1.82, 2.24) is 5.43 Å². The number of rotatable bonds is 4. The molecule has 25 heavy (non-hydrogen) atoms. The fourth-order valence-electron chi connectivity index (χ4n) is 2.25. The zero-order valence-electron chi connectivity index (χ0n) is 14.7. The monoisotopic (exact) mass is 339 g/mol. The minimum absolute atomic E-state index is 0.0735. The van der Waals surface area contributed by atoms with Crippen LogP contribution in [0.3, 0.4) is 0 Å². The van der Waals surface area contributed by atoms with Crippen LogP contribution in [-0.4, -0.2) is 17.0 Å². The number of nitrogens with one attached hydrogen (secondary N) is 1. The van der Waals surface area contributed by atoms with Crippen molar-refractivity contribution < 1.29 is 9.72 Å². The minimum atomic E-state index is -0.508. The minimum Gasteiger partial charge on any atom is -0.267 e. The van der Waals surface area contributed by atoms with E-state index in [1.54, 1.807) is 13.0 Å². The second-order valence-corrected chi connectivity index (χ2v) is 6.83. The number of hydrogen-bond acceptors (Lipinski definition) is 4. The Labute approximate surface area is 146 Å². The first-order valence-electron chi connectivity index (χ1n) is 7.87. The van der Waals surface area contributed by atoms with Crippen LogP contribution in [-0.2, 0) is 5.41 Å². The molecule has 2 rings (SSSR count). The second-order valence-electron chi connectivity index (χ2n) is 6.83. The Morgan fingerprint density at radius 1 is 1.16 bits per heavy atom. The molecule has 0 bridgehead atoms. The van der Waals surface area contributed by atoms with E-state index in [1.807, 2.05) is 24.3 Å². The maximum Gasteiger partial charge on any atom is 0.273 e. The number of nitro groups is 1. The predicted molar refractivity (Wildman–Crippen MR) is 98.0 cm³/mol. The van der Waals surface area contributed by atoms with Crippen molar-refractivity contribution in [3.05, 3.63) is 74.8 Å². The molecule has 1 N–H and O–H groups in total. The molecular formula is C19H21N3O3. The number of nitrogens with zero attached hydrogens (tertiary/aromatic N) is 2. The summed E-state index contributed by atoms with van der Waals surface area (Å²) < 4.78 is 0. The van der Waals surface area contributed by atoms with Crippen molar-refractivity contribution in [3.63, 3.8) is 0 Å². The van der Waals surface area contributed by atoms with Gasteiger partial charge in [0.1, 0.15) is 0 Å². The van der Waals surface area contributed by atoms with Crippen LogP contribution in [0.2, 0.25) is 0 Å². The summed E-state index contributed by atoms with van der Waals surface area (Å²) in [5.74, 6) is -0.495. The van der Waals surface area contributed by atoms with Crippen LogP contribution < -0.4 is 5.43 Å². The summed E-state index contributed by atoms with van der Waals surface area (Å²) in [4.78, 5) is 22.5. The molecule has 0 saturated carbocycles. The van der Waals surface area contributed by atoms with Crippen molar-refractivity contribution in [2.45, 2.75) is 33.1 Å². The zero-order valence-corrected chi connectivity index (χ0v) is 14.7. The second kappa shape index (κ2) is 7.25. The smallest absolute Gasteiger partial charge is 0.267 e. The lowest BCUT2D eigenvalue weighted by molar-refractivity contribution is -0.385. The highest BCUT2D eigenvalue weighted by Crippen LogP contribution is 2.22. The van der Waals surface area contributed by atoms with E-state index < -0.39 is 10.8 Å². The molecule has 2 aromatic carbocycles. The van der Waals surface area contributed by atoms with Crippen molar-refractivity contribution in [2.75, 3.05) is 0 Å². The third-order valence-corrected chi connectivity index (χ3v) is 3.82. The Morgan fingerprint density at radius 3 is 2.36 bits per heavy atom. The van der Waals surface area contributed by atoms with Gasteiger partial charge >= 0.3 is 0 Å². The largest absolute Gasteiger partial charge is 0.273 e. The molecule has 0 atom stereocenters. The SMILES string of the molecule is Cc1ccc(C(=O)NN=Cc2ccc(C(C)(C)C)cc2)cc1[N+](=O)[O-]. The van der Waals surface area contributed by atoms with Gasteiger partial charge in [0.05, 0.1) is 11.1 Å². The summed E-state index contributed by atoms with van der Waals surface area (Å²) in [7, 11) is 0. The van der Waals surface area contributed by atoms with Crippen LogP contribution in [0.15, 0.2) is 47.6 Å². The van der Waals surface area contributed by atoms with Crippen LogP contribution in [0.4, 0.5) is 5.69 Å². The lowest BCUT2D eigenvalue weighted by atomic mass is 9.87. The average molecular weight is 339 g/mol. The zero-order chi connectivity index (χ0) is 18.6. The fourth-order valence-corrected chi connectivity index (χ4v) is 2.25. The highest BCUT2D eigenvalue weighted by molar-refractivity contribution is 5.95.